The summed E-state index contributed by atoms with van der Waals surface area (Å²) in [5, 5.41) is 1.71. The average molecular weight is 323 g/mol. The van der Waals surface area contributed by atoms with Crippen molar-refractivity contribution in [2.75, 3.05) is 0 Å². The van der Waals surface area contributed by atoms with Crippen molar-refractivity contribution in [3.8, 4) is 11.3 Å². The Bertz CT molecular complexity index is 903. The van der Waals surface area contributed by atoms with Crippen molar-refractivity contribution in [1.82, 2.24) is 9.97 Å². The molecule has 2 heterocycles. The van der Waals surface area contributed by atoms with Gasteiger partial charge in [0.15, 0.2) is 0 Å². The third kappa shape index (κ3) is 2.95. The highest BCUT2D eigenvalue weighted by Gasteiger charge is 2.13. The van der Waals surface area contributed by atoms with Crippen LogP contribution in [0.1, 0.15) is 23.7 Å². The van der Waals surface area contributed by atoms with Gasteiger partial charge in [0.25, 0.3) is 0 Å². The van der Waals surface area contributed by atoms with Crippen molar-refractivity contribution >= 4 is 28.6 Å². The lowest BCUT2D eigenvalue weighted by molar-refractivity contribution is 1.06. The van der Waals surface area contributed by atoms with E-state index in [4.69, 9.17) is 16.6 Å². The van der Waals surface area contributed by atoms with Gasteiger partial charge in [0.2, 0.25) is 0 Å². The number of nitrogens with one attached hydrogen (secondary N) is 1. The SMILES string of the molecule is C=C/C=C\c1c(-c2cc(Cl)c3ccc(C)cc3n2)c[nH]c1CC. The molecule has 0 bridgehead atoms. The molecule has 0 unspecified atom stereocenters. The molecule has 116 valence electrons. The van der Waals surface area contributed by atoms with Gasteiger partial charge < -0.3 is 4.98 Å². The van der Waals surface area contributed by atoms with Crippen LogP contribution in [0.2, 0.25) is 5.02 Å². The smallest absolute Gasteiger partial charge is 0.0745 e. The lowest BCUT2D eigenvalue weighted by Gasteiger charge is -2.07. The summed E-state index contributed by atoms with van der Waals surface area (Å²) >= 11 is 6.48. The molecule has 2 aromatic heterocycles. The maximum Gasteiger partial charge on any atom is 0.0745 e. The van der Waals surface area contributed by atoms with E-state index in [-0.39, 0.29) is 0 Å². The molecule has 0 atom stereocenters. The van der Waals surface area contributed by atoms with Crippen molar-refractivity contribution in [1.29, 1.82) is 0 Å². The molecule has 0 fully saturated rings. The molecule has 1 N–H and O–H groups in total. The minimum absolute atomic E-state index is 0.725. The van der Waals surface area contributed by atoms with Crippen LogP contribution < -0.4 is 0 Å². The lowest BCUT2D eigenvalue weighted by Crippen LogP contribution is -1.89. The van der Waals surface area contributed by atoms with E-state index < -0.39 is 0 Å². The van der Waals surface area contributed by atoms with Gasteiger partial charge >= 0.3 is 0 Å². The second-order valence-electron chi connectivity index (χ2n) is 5.55. The zero-order chi connectivity index (χ0) is 16.4. The fraction of sp³-hybridized carbons (Fsp3) is 0.150. The van der Waals surface area contributed by atoms with Gasteiger partial charge in [-0.15, -0.1) is 0 Å². The largest absolute Gasteiger partial charge is 0.364 e. The van der Waals surface area contributed by atoms with Crippen LogP contribution in [0.3, 0.4) is 0 Å². The van der Waals surface area contributed by atoms with Gasteiger partial charge in [0.05, 0.1) is 16.2 Å². The second kappa shape index (κ2) is 6.43. The van der Waals surface area contributed by atoms with Crippen molar-refractivity contribution in [3.63, 3.8) is 0 Å². The molecule has 0 aliphatic heterocycles. The molecule has 0 saturated carbocycles. The van der Waals surface area contributed by atoms with E-state index in [0.717, 1.165) is 39.2 Å². The van der Waals surface area contributed by atoms with Crippen LogP contribution in [-0.2, 0) is 6.42 Å². The maximum atomic E-state index is 6.48. The minimum atomic E-state index is 0.725. The van der Waals surface area contributed by atoms with Crippen molar-refractivity contribution < 1.29 is 0 Å². The molecular weight excluding hydrogens is 304 g/mol. The highest BCUT2D eigenvalue weighted by atomic mass is 35.5. The predicted octanol–water partition coefficient (Wildman–Crippen LogP) is 5.95. The summed E-state index contributed by atoms with van der Waals surface area (Å²) in [6.45, 7) is 7.94. The molecule has 0 amide bonds. The molecule has 0 spiro atoms. The van der Waals surface area contributed by atoms with E-state index >= 15 is 0 Å². The van der Waals surface area contributed by atoms with Gasteiger partial charge in [-0.25, -0.2) is 4.98 Å². The highest BCUT2D eigenvalue weighted by Crippen LogP contribution is 2.32. The number of hydrogen-bond donors (Lipinski definition) is 1. The number of aromatic amines is 1. The van der Waals surface area contributed by atoms with E-state index in [1.165, 1.54) is 11.3 Å². The Balaban J connectivity index is 2.22. The number of fused-ring (bicyclic) bond motifs is 1. The Kier molecular flexibility index (Phi) is 4.35. The topological polar surface area (TPSA) is 28.7 Å². The quantitative estimate of drug-likeness (QED) is 0.590. The van der Waals surface area contributed by atoms with Gasteiger partial charge in [0, 0.05) is 28.4 Å². The number of rotatable bonds is 4. The number of benzene rings is 1. The van der Waals surface area contributed by atoms with E-state index in [2.05, 4.69) is 43.6 Å². The summed E-state index contributed by atoms with van der Waals surface area (Å²) in [6, 6.07) is 8.08. The molecule has 3 rings (SSSR count). The minimum Gasteiger partial charge on any atom is -0.364 e. The molecule has 23 heavy (non-hydrogen) atoms. The number of nitrogens with zero attached hydrogens (tertiary/aromatic N) is 1. The first-order valence-electron chi connectivity index (χ1n) is 7.70. The monoisotopic (exact) mass is 322 g/mol. The number of hydrogen-bond acceptors (Lipinski definition) is 1. The first-order chi connectivity index (χ1) is 11.1. The maximum absolute atomic E-state index is 6.48. The van der Waals surface area contributed by atoms with Crippen LogP contribution in [0.25, 0.3) is 28.2 Å². The van der Waals surface area contributed by atoms with Gasteiger partial charge in [-0.3, -0.25) is 0 Å². The van der Waals surface area contributed by atoms with Gasteiger partial charge in [-0.05, 0) is 31.0 Å². The number of allylic oxidation sites excluding steroid dienone is 2. The number of aryl methyl sites for hydroxylation is 2. The normalized spacial score (nSPS) is 11.4. The van der Waals surface area contributed by atoms with Gasteiger partial charge in [-0.1, -0.05) is 55.5 Å². The zero-order valence-corrected chi connectivity index (χ0v) is 14.1. The molecule has 0 aliphatic carbocycles. The summed E-state index contributed by atoms with van der Waals surface area (Å²) in [6.07, 6.45) is 8.71. The number of halogens is 1. The highest BCUT2D eigenvalue weighted by molar-refractivity contribution is 6.35. The summed E-state index contributed by atoms with van der Waals surface area (Å²) in [5.41, 5.74) is 6.36. The third-order valence-corrected chi connectivity index (χ3v) is 4.26. The number of aromatic nitrogens is 2. The number of H-pyrrole nitrogens is 1. The first-order valence-corrected chi connectivity index (χ1v) is 8.08. The Morgan fingerprint density at radius 2 is 2.13 bits per heavy atom. The third-order valence-electron chi connectivity index (χ3n) is 3.95. The molecule has 0 radical (unpaired) electrons. The van der Waals surface area contributed by atoms with E-state index in [9.17, 15) is 0 Å². The van der Waals surface area contributed by atoms with Crippen LogP contribution in [0.5, 0.6) is 0 Å². The zero-order valence-electron chi connectivity index (χ0n) is 13.4. The molecule has 3 heteroatoms. The van der Waals surface area contributed by atoms with E-state index in [1.54, 1.807) is 6.08 Å². The van der Waals surface area contributed by atoms with Crippen molar-refractivity contribution in [2.45, 2.75) is 20.3 Å². The van der Waals surface area contributed by atoms with Crippen LogP contribution in [0, 0.1) is 6.92 Å². The van der Waals surface area contributed by atoms with Crippen LogP contribution in [0.15, 0.2) is 49.2 Å². The summed E-state index contributed by atoms with van der Waals surface area (Å²) < 4.78 is 0. The fourth-order valence-electron chi connectivity index (χ4n) is 2.77. The van der Waals surface area contributed by atoms with Gasteiger partial charge in [0.1, 0.15) is 0 Å². The standard InChI is InChI=1S/C20H19ClN2/c1-4-6-7-14-16(12-22-18(14)5-2)20-11-17(21)15-9-8-13(3)10-19(15)23-20/h4,6-12,22H,1,5H2,2-3H3/b7-6-. The molecule has 0 aliphatic rings. The summed E-state index contributed by atoms with van der Waals surface area (Å²) in [7, 11) is 0. The molecule has 1 aromatic carbocycles. The second-order valence-corrected chi connectivity index (χ2v) is 5.96. The Hall–Kier alpha value is -2.32. The van der Waals surface area contributed by atoms with Crippen LogP contribution >= 0.6 is 11.6 Å². The number of pyridine rings is 1. The van der Waals surface area contributed by atoms with E-state index in [1.807, 2.05) is 24.4 Å². The van der Waals surface area contributed by atoms with E-state index in [0.29, 0.717) is 0 Å². The average Bonchev–Trinajstić information content (AvgIpc) is 2.95. The fourth-order valence-corrected chi connectivity index (χ4v) is 3.03. The predicted molar refractivity (Wildman–Crippen MR) is 99.9 cm³/mol. The summed E-state index contributed by atoms with van der Waals surface area (Å²) in [4.78, 5) is 8.16. The van der Waals surface area contributed by atoms with Gasteiger partial charge in [-0.2, -0.15) is 0 Å². The Labute approximate surface area is 141 Å². The van der Waals surface area contributed by atoms with Crippen molar-refractivity contribution in [2.24, 2.45) is 0 Å². The molecular formula is C20H19ClN2. The summed E-state index contributed by atoms with van der Waals surface area (Å²) in [5.74, 6) is 0. The van der Waals surface area contributed by atoms with Crippen LogP contribution in [-0.4, -0.2) is 9.97 Å². The lowest BCUT2D eigenvalue weighted by atomic mass is 10.0. The Morgan fingerprint density at radius 1 is 1.30 bits per heavy atom. The molecule has 2 nitrogen and oxygen atoms in total. The molecule has 0 saturated heterocycles. The molecule has 3 aromatic rings. The first kappa shape index (κ1) is 15.6. The van der Waals surface area contributed by atoms with Crippen molar-refractivity contribution in [3.05, 3.63) is 71.0 Å². The van der Waals surface area contributed by atoms with Crippen LogP contribution in [0.4, 0.5) is 0 Å². The Morgan fingerprint density at radius 3 is 2.87 bits per heavy atom.